The first-order valence-corrected chi connectivity index (χ1v) is 16.3. The molecule has 1 aliphatic heterocycles. The van der Waals surface area contributed by atoms with Crippen molar-refractivity contribution in [3.05, 3.63) is 76.9 Å². The molecule has 46 heavy (non-hydrogen) atoms. The molecule has 0 radical (unpaired) electrons. The summed E-state index contributed by atoms with van der Waals surface area (Å²) in [5.74, 6) is 6.36. The second kappa shape index (κ2) is 14.7. The fourth-order valence-electron chi connectivity index (χ4n) is 5.69. The van der Waals surface area contributed by atoms with Crippen molar-refractivity contribution in [2.24, 2.45) is 5.41 Å². The van der Waals surface area contributed by atoms with E-state index in [0.717, 1.165) is 59.6 Å². The van der Waals surface area contributed by atoms with Crippen LogP contribution in [0.3, 0.4) is 0 Å². The Morgan fingerprint density at radius 3 is 2.24 bits per heavy atom. The maximum absolute atomic E-state index is 13.8. The van der Waals surface area contributed by atoms with Crippen LogP contribution in [0.1, 0.15) is 96.9 Å². The first-order chi connectivity index (χ1) is 21.7. The Bertz CT molecular complexity index is 1550. The summed E-state index contributed by atoms with van der Waals surface area (Å²) >= 11 is 0. The number of ether oxygens (including phenoxy) is 3. The molecule has 6 nitrogen and oxygen atoms in total. The average molecular weight is 629 g/mol. The van der Waals surface area contributed by atoms with Crippen molar-refractivity contribution < 1.29 is 23.4 Å². The van der Waals surface area contributed by atoms with E-state index in [1.165, 1.54) is 12.1 Å². The Labute approximate surface area is 274 Å². The van der Waals surface area contributed by atoms with Crippen molar-refractivity contribution in [1.82, 2.24) is 4.98 Å². The minimum Gasteiger partial charge on any atom is -0.493 e. The van der Waals surface area contributed by atoms with Gasteiger partial charge in [-0.15, -0.1) is 0 Å². The van der Waals surface area contributed by atoms with Crippen LogP contribution in [0, 0.1) is 30.0 Å². The number of aromatic nitrogens is 1. The van der Waals surface area contributed by atoms with Gasteiger partial charge in [0.2, 0.25) is 0 Å². The third-order valence-corrected chi connectivity index (χ3v) is 8.09. The van der Waals surface area contributed by atoms with Crippen LogP contribution >= 0.6 is 0 Å². The quantitative estimate of drug-likeness (QED) is 0.166. The molecule has 246 valence electrons. The second-order valence-electron chi connectivity index (χ2n) is 14.1. The summed E-state index contributed by atoms with van der Waals surface area (Å²) < 4.78 is 31.6. The molecular formula is C39H49FN2O4. The van der Waals surface area contributed by atoms with Gasteiger partial charge in [0, 0.05) is 36.3 Å². The Balaban J connectivity index is 1.83. The largest absolute Gasteiger partial charge is 0.493 e. The predicted molar refractivity (Wildman–Crippen MR) is 183 cm³/mol. The number of esters is 1. The highest BCUT2D eigenvalue weighted by molar-refractivity contribution is 5.90. The van der Waals surface area contributed by atoms with E-state index in [2.05, 4.69) is 30.6 Å². The fraction of sp³-hybridized carbons (Fsp3) is 0.487. The summed E-state index contributed by atoms with van der Waals surface area (Å²) in [5, 5.41) is 0. The number of anilines is 1. The van der Waals surface area contributed by atoms with Gasteiger partial charge < -0.3 is 19.1 Å². The van der Waals surface area contributed by atoms with E-state index in [4.69, 9.17) is 19.2 Å². The van der Waals surface area contributed by atoms with Crippen LogP contribution in [-0.2, 0) is 20.7 Å². The molecule has 0 saturated carbocycles. The van der Waals surface area contributed by atoms with Crippen LogP contribution in [0.15, 0.2) is 48.5 Å². The lowest BCUT2D eigenvalue weighted by Crippen LogP contribution is -2.39. The van der Waals surface area contributed by atoms with Gasteiger partial charge in [0.05, 0.1) is 24.0 Å². The fourth-order valence-corrected chi connectivity index (χ4v) is 5.69. The molecule has 0 spiro atoms. The van der Waals surface area contributed by atoms with Crippen LogP contribution < -0.4 is 9.64 Å². The van der Waals surface area contributed by atoms with Gasteiger partial charge in [-0.05, 0) is 108 Å². The van der Waals surface area contributed by atoms with Gasteiger partial charge in [-0.1, -0.05) is 44.0 Å². The smallest absolute Gasteiger partial charge is 0.340 e. The van der Waals surface area contributed by atoms with Crippen LogP contribution in [0.25, 0.3) is 11.1 Å². The summed E-state index contributed by atoms with van der Waals surface area (Å²) in [7, 11) is 0. The van der Waals surface area contributed by atoms with E-state index in [1.54, 1.807) is 19.1 Å². The molecule has 0 bridgehead atoms. The maximum atomic E-state index is 13.8. The standard InChI is InChI=1S/C39H49FN2O4/c1-10-11-32-34(29-14-18-31(19-15-29)44-25-20-28-12-16-30(40)17-13-28)35(42-23-21-39(8,9)22-24-42)33(27(4)41-32)36(46-38(5,6)7)37(43)45-26(2)3/h12-19,26,36H,20-25H2,1-9H3. The first-order valence-electron chi connectivity index (χ1n) is 16.3. The number of pyridine rings is 1. The molecule has 2 heterocycles. The summed E-state index contributed by atoms with van der Waals surface area (Å²) in [5.41, 5.74) is 5.38. The van der Waals surface area contributed by atoms with E-state index in [0.29, 0.717) is 24.4 Å². The highest BCUT2D eigenvalue weighted by Crippen LogP contribution is 2.45. The minimum atomic E-state index is -0.976. The van der Waals surface area contributed by atoms with Gasteiger partial charge >= 0.3 is 5.97 Å². The van der Waals surface area contributed by atoms with E-state index in [1.807, 2.05) is 65.8 Å². The zero-order chi connectivity index (χ0) is 33.6. The number of nitrogens with zero attached hydrogens (tertiary/aromatic N) is 2. The van der Waals surface area contributed by atoms with Gasteiger partial charge in [-0.25, -0.2) is 14.2 Å². The van der Waals surface area contributed by atoms with Gasteiger partial charge in [0.15, 0.2) is 6.10 Å². The molecule has 1 aromatic heterocycles. The Morgan fingerprint density at radius 2 is 1.67 bits per heavy atom. The van der Waals surface area contributed by atoms with Crippen molar-refractivity contribution in [3.8, 4) is 28.7 Å². The summed E-state index contributed by atoms with van der Waals surface area (Å²) in [6.07, 6.45) is 1.40. The molecule has 4 rings (SSSR count). The maximum Gasteiger partial charge on any atom is 0.340 e. The van der Waals surface area contributed by atoms with Gasteiger partial charge in [0.25, 0.3) is 0 Å². The predicted octanol–water partition coefficient (Wildman–Crippen LogP) is 8.62. The van der Waals surface area contributed by atoms with Gasteiger partial charge in [-0.2, -0.15) is 0 Å². The number of halogens is 1. The molecule has 0 amide bonds. The first kappa shape index (κ1) is 35.0. The molecule has 3 aromatic rings. The molecule has 2 aromatic carbocycles. The van der Waals surface area contributed by atoms with Crippen LogP contribution in [0.5, 0.6) is 5.75 Å². The third-order valence-electron chi connectivity index (χ3n) is 8.09. The van der Waals surface area contributed by atoms with Gasteiger partial charge in [0.1, 0.15) is 17.3 Å². The lowest BCUT2D eigenvalue weighted by Gasteiger charge is -2.41. The summed E-state index contributed by atoms with van der Waals surface area (Å²) in [6, 6.07) is 14.4. The Hall–Kier alpha value is -3.89. The number of hydrogen-bond acceptors (Lipinski definition) is 6. The third kappa shape index (κ3) is 9.10. The lowest BCUT2D eigenvalue weighted by molar-refractivity contribution is -0.171. The topological polar surface area (TPSA) is 60.9 Å². The average Bonchev–Trinajstić information content (AvgIpc) is 2.97. The second-order valence-corrected chi connectivity index (χ2v) is 14.1. The molecule has 7 heteroatoms. The van der Waals surface area contributed by atoms with E-state index in [9.17, 15) is 9.18 Å². The van der Waals surface area contributed by atoms with Crippen molar-refractivity contribution in [2.45, 2.75) is 99.4 Å². The zero-order valence-corrected chi connectivity index (χ0v) is 28.9. The molecule has 0 aliphatic carbocycles. The number of carbonyl (C=O) groups excluding carboxylic acids is 1. The van der Waals surface area contributed by atoms with Crippen molar-refractivity contribution >= 4 is 11.7 Å². The molecule has 1 fully saturated rings. The molecule has 0 N–H and O–H groups in total. The van der Waals surface area contributed by atoms with Crippen LogP contribution in [0.2, 0.25) is 0 Å². The number of benzene rings is 2. The van der Waals surface area contributed by atoms with Crippen molar-refractivity contribution in [3.63, 3.8) is 0 Å². The van der Waals surface area contributed by atoms with Gasteiger partial charge in [-0.3, -0.25) is 0 Å². The Kier molecular flexibility index (Phi) is 11.2. The van der Waals surface area contributed by atoms with Crippen molar-refractivity contribution in [2.75, 3.05) is 24.6 Å². The van der Waals surface area contributed by atoms with E-state index >= 15 is 0 Å². The summed E-state index contributed by atoms with van der Waals surface area (Å²) in [4.78, 5) is 21.2. The van der Waals surface area contributed by atoms with E-state index < -0.39 is 17.7 Å². The molecule has 1 saturated heterocycles. The van der Waals surface area contributed by atoms with E-state index in [-0.39, 0.29) is 17.3 Å². The number of carbonyl (C=O) groups is 1. The highest BCUT2D eigenvalue weighted by Gasteiger charge is 2.38. The number of piperidine rings is 1. The Morgan fingerprint density at radius 1 is 1.04 bits per heavy atom. The van der Waals surface area contributed by atoms with Crippen LogP contribution in [-0.4, -0.2) is 42.4 Å². The molecular weight excluding hydrogens is 579 g/mol. The lowest BCUT2D eigenvalue weighted by atomic mass is 9.81. The summed E-state index contributed by atoms with van der Waals surface area (Å²) in [6.45, 7) is 20.0. The van der Waals surface area contributed by atoms with Crippen LogP contribution in [0.4, 0.5) is 10.1 Å². The SMILES string of the molecule is CC#Cc1nc(C)c(C(OC(C)(C)C)C(=O)OC(C)C)c(N2CCC(C)(C)CC2)c1-c1ccc(OCCc2ccc(F)cc2)cc1. The van der Waals surface area contributed by atoms with Crippen molar-refractivity contribution in [1.29, 1.82) is 0 Å². The molecule has 1 unspecified atom stereocenters. The highest BCUT2D eigenvalue weighted by atomic mass is 19.1. The minimum absolute atomic E-state index is 0.218. The zero-order valence-electron chi connectivity index (χ0n) is 28.9. The monoisotopic (exact) mass is 628 g/mol. The number of aryl methyl sites for hydroxylation is 1. The molecule has 1 atom stereocenters. The number of rotatable bonds is 10. The molecule has 1 aliphatic rings. The number of hydrogen-bond donors (Lipinski definition) is 0. The normalized spacial score (nSPS) is 15.2.